The first kappa shape index (κ1) is 25.8. The summed E-state index contributed by atoms with van der Waals surface area (Å²) in [7, 11) is -0.339. The minimum atomic E-state index is -3.81. The zero-order valence-electron chi connectivity index (χ0n) is 21.1. The number of ether oxygens (including phenoxy) is 1. The summed E-state index contributed by atoms with van der Waals surface area (Å²) in [4.78, 5) is 2.15. The maximum Gasteiger partial charge on any atom is 0.262 e. The van der Waals surface area contributed by atoms with Crippen LogP contribution in [0, 0.1) is 5.82 Å². The molecule has 0 unspecified atom stereocenters. The number of hydrogen-bond donors (Lipinski definition) is 1. The Hall–Kier alpha value is -3.32. The molecular formula is C29H33FN2O3S. The number of aryl methyl sites for hydroxylation is 2. The SMILES string of the molecule is CC/C1=C/CCc2cc(NS(=O)(=O)c3ccc(N(C)Cc4ccc(F)cc4)cc3)c(OC)cc2CC1. The van der Waals surface area contributed by atoms with Gasteiger partial charge in [-0.2, -0.15) is 0 Å². The molecule has 190 valence electrons. The predicted octanol–water partition coefficient (Wildman–Crippen LogP) is 6.49. The summed E-state index contributed by atoms with van der Waals surface area (Å²) in [6, 6.07) is 17.0. The van der Waals surface area contributed by atoms with Crippen molar-refractivity contribution in [2.24, 2.45) is 0 Å². The number of anilines is 2. The highest BCUT2D eigenvalue weighted by Gasteiger charge is 2.19. The van der Waals surface area contributed by atoms with Crippen molar-refractivity contribution in [2.75, 3.05) is 23.8 Å². The molecule has 0 fully saturated rings. The average Bonchev–Trinajstić information content (AvgIpc) is 2.86. The van der Waals surface area contributed by atoms with E-state index in [1.165, 1.54) is 23.3 Å². The topological polar surface area (TPSA) is 58.6 Å². The molecule has 0 heterocycles. The molecule has 5 nitrogen and oxygen atoms in total. The first-order valence-electron chi connectivity index (χ1n) is 12.2. The van der Waals surface area contributed by atoms with Crippen LogP contribution < -0.4 is 14.4 Å². The predicted molar refractivity (Wildman–Crippen MR) is 144 cm³/mol. The van der Waals surface area contributed by atoms with Crippen molar-refractivity contribution in [1.29, 1.82) is 0 Å². The monoisotopic (exact) mass is 508 g/mol. The van der Waals surface area contributed by atoms with Crippen LogP contribution >= 0.6 is 0 Å². The molecule has 0 aromatic heterocycles. The van der Waals surface area contributed by atoms with E-state index < -0.39 is 10.0 Å². The van der Waals surface area contributed by atoms with Crippen LogP contribution in [0.2, 0.25) is 0 Å². The highest BCUT2D eigenvalue weighted by molar-refractivity contribution is 7.92. The third-order valence-corrected chi connectivity index (χ3v) is 8.08. The summed E-state index contributed by atoms with van der Waals surface area (Å²) in [6.07, 6.45) is 7.12. The first-order valence-corrected chi connectivity index (χ1v) is 13.7. The van der Waals surface area contributed by atoms with E-state index in [1.54, 1.807) is 43.5 Å². The van der Waals surface area contributed by atoms with E-state index in [-0.39, 0.29) is 10.7 Å². The van der Waals surface area contributed by atoms with Crippen molar-refractivity contribution >= 4 is 21.4 Å². The molecule has 0 atom stereocenters. The van der Waals surface area contributed by atoms with Crippen molar-refractivity contribution < 1.29 is 17.5 Å². The fraction of sp³-hybridized carbons (Fsp3) is 0.310. The molecule has 0 radical (unpaired) electrons. The van der Waals surface area contributed by atoms with Gasteiger partial charge in [0.1, 0.15) is 11.6 Å². The van der Waals surface area contributed by atoms with Crippen LogP contribution in [0.3, 0.4) is 0 Å². The lowest BCUT2D eigenvalue weighted by Gasteiger charge is -2.20. The average molecular weight is 509 g/mol. The van der Waals surface area contributed by atoms with Gasteiger partial charge in [0.25, 0.3) is 10.0 Å². The minimum absolute atomic E-state index is 0.172. The molecular weight excluding hydrogens is 475 g/mol. The van der Waals surface area contributed by atoms with Gasteiger partial charge < -0.3 is 9.64 Å². The van der Waals surface area contributed by atoms with Crippen molar-refractivity contribution in [2.45, 2.75) is 50.5 Å². The van der Waals surface area contributed by atoms with Gasteiger partial charge in [-0.05, 0) is 97.3 Å². The number of halogens is 1. The Morgan fingerprint density at radius 3 is 2.33 bits per heavy atom. The van der Waals surface area contributed by atoms with E-state index in [9.17, 15) is 12.8 Å². The molecule has 0 bridgehead atoms. The van der Waals surface area contributed by atoms with Crippen molar-refractivity contribution in [3.05, 3.63) is 94.8 Å². The molecule has 1 aliphatic rings. The van der Waals surface area contributed by atoms with Gasteiger partial charge in [-0.3, -0.25) is 4.72 Å². The van der Waals surface area contributed by atoms with Crippen LogP contribution in [0.1, 0.15) is 42.9 Å². The second-order valence-electron chi connectivity index (χ2n) is 9.16. The molecule has 4 rings (SSSR count). The Labute approximate surface area is 213 Å². The van der Waals surface area contributed by atoms with Crippen LogP contribution in [0.25, 0.3) is 0 Å². The lowest BCUT2D eigenvalue weighted by Crippen LogP contribution is -2.17. The quantitative estimate of drug-likeness (QED) is 0.354. The van der Waals surface area contributed by atoms with Gasteiger partial charge >= 0.3 is 0 Å². The lowest BCUT2D eigenvalue weighted by molar-refractivity contribution is 0.416. The van der Waals surface area contributed by atoms with Crippen LogP contribution in [0.5, 0.6) is 5.75 Å². The van der Waals surface area contributed by atoms with Gasteiger partial charge in [0.2, 0.25) is 0 Å². The first-order chi connectivity index (χ1) is 17.3. The fourth-order valence-corrected chi connectivity index (χ4v) is 5.63. The van der Waals surface area contributed by atoms with Gasteiger partial charge in [-0.1, -0.05) is 30.7 Å². The maximum atomic E-state index is 13.2. The number of benzene rings is 3. The van der Waals surface area contributed by atoms with Gasteiger partial charge in [-0.25, -0.2) is 12.8 Å². The standard InChI is InChI=1S/C29H33FN2O3S/c1-4-21-6-5-7-23-18-28(29(35-3)19-24(23)11-8-21)31-36(33,34)27-16-14-26(15-17-27)32(2)20-22-9-12-25(30)13-10-22/h6,9-10,12-19,31H,4-5,7-8,11,20H2,1-3H3/b21-6-. The zero-order chi connectivity index (χ0) is 25.7. The third-order valence-electron chi connectivity index (χ3n) is 6.70. The Kier molecular flexibility index (Phi) is 7.99. The number of nitrogens with one attached hydrogen (secondary N) is 1. The highest BCUT2D eigenvalue weighted by Crippen LogP contribution is 2.33. The molecule has 3 aromatic rings. The Morgan fingerprint density at radius 1 is 0.972 bits per heavy atom. The minimum Gasteiger partial charge on any atom is -0.495 e. The van der Waals surface area contributed by atoms with Crippen LogP contribution in [-0.4, -0.2) is 22.6 Å². The summed E-state index contributed by atoms with van der Waals surface area (Å²) < 4.78 is 47.9. The van der Waals surface area contributed by atoms with Gasteiger partial charge in [0.05, 0.1) is 17.7 Å². The number of allylic oxidation sites excluding steroid dienone is 2. The lowest BCUT2D eigenvalue weighted by atomic mass is 9.92. The molecule has 0 saturated heterocycles. The summed E-state index contributed by atoms with van der Waals surface area (Å²) in [6.45, 7) is 2.76. The summed E-state index contributed by atoms with van der Waals surface area (Å²) in [5.41, 5.74) is 6.10. The summed E-state index contributed by atoms with van der Waals surface area (Å²) in [5.74, 6) is 0.253. The largest absolute Gasteiger partial charge is 0.495 e. The van der Waals surface area contributed by atoms with E-state index in [0.29, 0.717) is 18.0 Å². The van der Waals surface area contributed by atoms with E-state index >= 15 is 0 Å². The number of rotatable bonds is 8. The summed E-state index contributed by atoms with van der Waals surface area (Å²) >= 11 is 0. The second-order valence-corrected chi connectivity index (χ2v) is 10.8. The molecule has 0 aliphatic heterocycles. The Morgan fingerprint density at radius 2 is 1.67 bits per heavy atom. The zero-order valence-corrected chi connectivity index (χ0v) is 21.9. The fourth-order valence-electron chi connectivity index (χ4n) is 4.57. The Bertz CT molecular complexity index is 1330. The van der Waals surface area contributed by atoms with E-state index in [0.717, 1.165) is 48.9 Å². The summed E-state index contributed by atoms with van der Waals surface area (Å²) in [5, 5.41) is 0. The normalized spacial score (nSPS) is 15.2. The van der Waals surface area contributed by atoms with Gasteiger partial charge in [0, 0.05) is 19.3 Å². The molecule has 7 heteroatoms. The molecule has 1 N–H and O–H groups in total. The Balaban J connectivity index is 1.51. The number of sulfonamides is 1. The molecule has 1 aliphatic carbocycles. The number of nitrogens with zero attached hydrogens (tertiary/aromatic N) is 1. The maximum absolute atomic E-state index is 13.2. The molecule has 0 spiro atoms. The van der Waals surface area contributed by atoms with Crippen LogP contribution in [0.15, 0.2) is 77.2 Å². The van der Waals surface area contributed by atoms with Crippen LogP contribution in [0.4, 0.5) is 15.8 Å². The van der Waals surface area contributed by atoms with Crippen LogP contribution in [-0.2, 0) is 29.4 Å². The van der Waals surface area contributed by atoms with E-state index in [2.05, 4.69) is 17.7 Å². The molecule has 36 heavy (non-hydrogen) atoms. The number of methoxy groups -OCH3 is 1. The highest BCUT2D eigenvalue weighted by atomic mass is 32.2. The molecule has 3 aromatic carbocycles. The number of hydrogen-bond acceptors (Lipinski definition) is 4. The smallest absolute Gasteiger partial charge is 0.262 e. The van der Waals surface area contributed by atoms with E-state index in [4.69, 9.17) is 4.74 Å². The number of fused-ring (bicyclic) bond motifs is 1. The van der Waals surface area contributed by atoms with Crippen molar-refractivity contribution in [3.63, 3.8) is 0 Å². The van der Waals surface area contributed by atoms with Gasteiger partial charge in [-0.15, -0.1) is 0 Å². The third kappa shape index (κ3) is 6.08. The van der Waals surface area contributed by atoms with Gasteiger partial charge in [0.15, 0.2) is 0 Å². The second kappa shape index (κ2) is 11.2. The van der Waals surface area contributed by atoms with E-state index in [1.807, 2.05) is 24.1 Å². The van der Waals surface area contributed by atoms with Crippen molar-refractivity contribution in [3.8, 4) is 5.75 Å². The molecule has 0 saturated carbocycles. The molecule has 0 amide bonds. The van der Waals surface area contributed by atoms with Crippen molar-refractivity contribution in [1.82, 2.24) is 0 Å².